The van der Waals surface area contributed by atoms with E-state index < -0.39 is 16.0 Å². The summed E-state index contributed by atoms with van der Waals surface area (Å²) in [6.45, 7) is 1.08. The number of aromatic nitrogens is 1. The van der Waals surface area contributed by atoms with Crippen molar-refractivity contribution in [3.05, 3.63) is 89.7 Å². The topological polar surface area (TPSA) is 76.6 Å². The van der Waals surface area contributed by atoms with Crippen LogP contribution in [-0.2, 0) is 10.0 Å². The first-order valence-corrected chi connectivity index (χ1v) is 12.0. The average Bonchev–Trinajstić information content (AvgIpc) is 2.85. The highest BCUT2D eigenvalue weighted by atomic mass is 32.2. The van der Waals surface area contributed by atoms with Gasteiger partial charge in [-0.25, -0.2) is 13.2 Å². The highest BCUT2D eigenvalue weighted by molar-refractivity contribution is 7.89. The maximum Gasteiger partial charge on any atom is 0.343 e. The second-order valence-corrected chi connectivity index (χ2v) is 9.47. The average molecular weight is 449 g/mol. The van der Waals surface area contributed by atoms with Crippen LogP contribution in [0.5, 0.6) is 5.75 Å². The van der Waals surface area contributed by atoms with E-state index in [1.165, 1.54) is 28.6 Å². The lowest BCUT2D eigenvalue weighted by Crippen LogP contribution is -2.35. The normalized spacial score (nSPS) is 15.0. The molecule has 0 saturated carbocycles. The first-order valence-electron chi connectivity index (χ1n) is 10.5. The third-order valence-corrected chi connectivity index (χ3v) is 7.18. The number of carbonyl (C=O) groups excluding carboxylic acids is 1. The molecule has 4 rings (SSSR count). The summed E-state index contributed by atoms with van der Waals surface area (Å²) in [4.78, 5) is 16.9. The van der Waals surface area contributed by atoms with Crippen LogP contribution in [0, 0.1) is 0 Å². The lowest BCUT2D eigenvalue weighted by molar-refractivity contribution is 0.0734. The molecule has 0 radical (unpaired) electrons. The van der Waals surface area contributed by atoms with E-state index in [0.717, 1.165) is 30.5 Å². The van der Waals surface area contributed by atoms with Crippen molar-refractivity contribution in [2.75, 3.05) is 13.1 Å². The maximum absolute atomic E-state index is 12.7. The highest BCUT2D eigenvalue weighted by Gasteiger charge is 2.26. The third kappa shape index (κ3) is 5.30. The van der Waals surface area contributed by atoms with Gasteiger partial charge in [-0.1, -0.05) is 30.7 Å². The van der Waals surface area contributed by atoms with E-state index in [0.29, 0.717) is 24.4 Å². The fourth-order valence-corrected chi connectivity index (χ4v) is 5.00. The second kappa shape index (κ2) is 9.89. The lowest BCUT2D eigenvalue weighted by Gasteiger charge is -2.25. The van der Waals surface area contributed by atoms with Crippen LogP contribution in [0.15, 0.2) is 77.8 Å². The Morgan fingerprint density at radius 1 is 0.875 bits per heavy atom. The van der Waals surface area contributed by atoms with Crippen LogP contribution in [0.4, 0.5) is 0 Å². The maximum atomic E-state index is 12.7. The molecule has 1 aromatic heterocycles. The molecule has 32 heavy (non-hydrogen) atoms. The van der Waals surface area contributed by atoms with E-state index in [9.17, 15) is 13.2 Å². The summed E-state index contributed by atoms with van der Waals surface area (Å²) in [5.41, 5.74) is 2.10. The number of nitrogens with zero attached hydrogens (tertiary/aromatic N) is 2. The fourth-order valence-electron chi connectivity index (χ4n) is 3.49. The number of sulfonamides is 1. The summed E-state index contributed by atoms with van der Waals surface area (Å²) < 4.78 is 32.4. The Morgan fingerprint density at radius 2 is 1.59 bits per heavy atom. The molecule has 0 aliphatic carbocycles. The van der Waals surface area contributed by atoms with Crippen LogP contribution in [0.2, 0.25) is 0 Å². The van der Waals surface area contributed by atoms with Gasteiger partial charge in [0, 0.05) is 19.3 Å². The van der Waals surface area contributed by atoms with Crippen LogP contribution in [0.25, 0.3) is 12.2 Å². The zero-order valence-electron chi connectivity index (χ0n) is 17.6. The molecular formula is C25H24N2O4S. The number of ether oxygens (including phenoxy) is 1. The molecule has 2 aromatic carbocycles. The number of hydrogen-bond donors (Lipinski definition) is 0. The van der Waals surface area contributed by atoms with E-state index in [4.69, 9.17) is 4.74 Å². The van der Waals surface area contributed by atoms with Crippen molar-refractivity contribution in [3.8, 4) is 5.75 Å². The lowest BCUT2D eigenvalue weighted by atomic mass is 10.2. The Bertz CT molecular complexity index is 1180. The predicted octanol–water partition coefficient (Wildman–Crippen LogP) is 4.65. The standard InChI is InChI=1S/C25H24N2O4S/c28-25(21-10-15-24(16-11-21)32(29,30)27-18-4-1-5-19-27)31-23-13-8-20(9-14-23)7-12-22-6-2-3-17-26-22/h2-3,6-17H,1,4-5,18-19H2/b12-7+. The molecular weight excluding hydrogens is 424 g/mol. The summed E-state index contributed by atoms with van der Waals surface area (Å²) >= 11 is 0. The number of carbonyl (C=O) groups is 1. The Hall–Kier alpha value is -3.29. The van der Waals surface area contributed by atoms with E-state index in [-0.39, 0.29) is 4.90 Å². The molecule has 1 aliphatic heterocycles. The summed E-state index contributed by atoms with van der Waals surface area (Å²) in [5.74, 6) is -0.126. The number of piperidine rings is 1. The molecule has 2 heterocycles. The number of pyridine rings is 1. The van der Waals surface area contributed by atoms with Crippen LogP contribution < -0.4 is 4.74 Å². The van der Waals surface area contributed by atoms with E-state index in [2.05, 4.69) is 4.98 Å². The van der Waals surface area contributed by atoms with Crippen molar-refractivity contribution in [2.24, 2.45) is 0 Å². The van der Waals surface area contributed by atoms with Crippen molar-refractivity contribution in [3.63, 3.8) is 0 Å². The van der Waals surface area contributed by atoms with Crippen molar-refractivity contribution in [2.45, 2.75) is 24.2 Å². The van der Waals surface area contributed by atoms with Gasteiger partial charge in [0.05, 0.1) is 16.2 Å². The minimum absolute atomic E-state index is 0.194. The van der Waals surface area contributed by atoms with E-state index in [1.54, 1.807) is 18.3 Å². The SMILES string of the molecule is O=C(Oc1ccc(/C=C/c2ccccn2)cc1)c1ccc(S(=O)(=O)N2CCCCC2)cc1. The molecule has 3 aromatic rings. The minimum Gasteiger partial charge on any atom is -0.423 e. The minimum atomic E-state index is -3.52. The summed E-state index contributed by atoms with van der Waals surface area (Å²) in [7, 11) is -3.52. The van der Waals surface area contributed by atoms with Gasteiger partial charge in [-0.2, -0.15) is 4.31 Å². The second-order valence-electron chi connectivity index (χ2n) is 7.54. The van der Waals surface area contributed by atoms with Crippen molar-refractivity contribution in [1.82, 2.24) is 9.29 Å². The van der Waals surface area contributed by atoms with Crippen molar-refractivity contribution < 1.29 is 17.9 Å². The van der Waals surface area contributed by atoms with Crippen LogP contribution in [0.1, 0.15) is 40.9 Å². The predicted molar refractivity (Wildman–Crippen MR) is 124 cm³/mol. The molecule has 1 fully saturated rings. The van der Waals surface area contributed by atoms with Crippen molar-refractivity contribution in [1.29, 1.82) is 0 Å². The van der Waals surface area contributed by atoms with Gasteiger partial charge in [-0.05, 0) is 73.0 Å². The Labute approximate surface area is 188 Å². The first-order chi connectivity index (χ1) is 15.5. The summed E-state index contributed by atoms with van der Waals surface area (Å²) in [5, 5.41) is 0. The molecule has 6 nitrogen and oxygen atoms in total. The number of rotatable bonds is 6. The molecule has 1 aliphatic rings. The van der Waals surface area contributed by atoms with Crippen LogP contribution in [0.3, 0.4) is 0 Å². The van der Waals surface area contributed by atoms with Gasteiger partial charge < -0.3 is 4.74 Å². The summed E-state index contributed by atoms with van der Waals surface area (Å²) in [6.07, 6.45) is 8.37. The zero-order chi connectivity index (χ0) is 22.4. The zero-order valence-corrected chi connectivity index (χ0v) is 18.4. The van der Waals surface area contributed by atoms with Gasteiger partial charge >= 0.3 is 5.97 Å². The smallest absolute Gasteiger partial charge is 0.343 e. The quantitative estimate of drug-likeness (QED) is 0.405. The molecule has 164 valence electrons. The van der Waals surface area contributed by atoms with Gasteiger partial charge in [-0.15, -0.1) is 0 Å². The van der Waals surface area contributed by atoms with Crippen LogP contribution in [-0.4, -0.2) is 36.8 Å². The molecule has 0 atom stereocenters. The van der Waals surface area contributed by atoms with E-state index in [1.807, 2.05) is 42.5 Å². The molecule has 0 spiro atoms. The fraction of sp³-hybridized carbons (Fsp3) is 0.200. The van der Waals surface area contributed by atoms with Crippen molar-refractivity contribution >= 4 is 28.1 Å². The molecule has 0 bridgehead atoms. The van der Waals surface area contributed by atoms with Gasteiger partial charge in [0.2, 0.25) is 10.0 Å². The number of hydrogen-bond acceptors (Lipinski definition) is 5. The number of esters is 1. The van der Waals surface area contributed by atoms with Gasteiger partial charge in [-0.3, -0.25) is 4.98 Å². The van der Waals surface area contributed by atoms with Crippen LogP contribution >= 0.6 is 0 Å². The first kappa shape index (κ1) is 21.9. The Kier molecular flexibility index (Phi) is 6.78. The number of benzene rings is 2. The van der Waals surface area contributed by atoms with Gasteiger partial charge in [0.15, 0.2) is 0 Å². The molecule has 1 saturated heterocycles. The Balaban J connectivity index is 1.39. The van der Waals surface area contributed by atoms with E-state index >= 15 is 0 Å². The summed E-state index contributed by atoms with van der Waals surface area (Å²) in [6, 6.07) is 18.7. The Morgan fingerprint density at radius 3 is 2.25 bits per heavy atom. The highest BCUT2D eigenvalue weighted by Crippen LogP contribution is 2.22. The molecule has 0 N–H and O–H groups in total. The van der Waals surface area contributed by atoms with Gasteiger partial charge in [0.25, 0.3) is 0 Å². The molecule has 0 unspecified atom stereocenters. The third-order valence-electron chi connectivity index (χ3n) is 5.27. The molecule has 0 amide bonds. The monoisotopic (exact) mass is 448 g/mol. The molecule has 7 heteroatoms. The van der Waals surface area contributed by atoms with Gasteiger partial charge in [0.1, 0.15) is 5.75 Å². The largest absolute Gasteiger partial charge is 0.423 e.